The number of fused-ring (bicyclic) bond motifs is 1. The molecule has 4 N–H and O–H groups in total. The molecule has 0 aliphatic carbocycles. The number of benzene rings is 1. The Morgan fingerprint density at radius 2 is 2.35 bits per heavy atom. The van der Waals surface area contributed by atoms with Gasteiger partial charge in [0.1, 0.15) is 11.3 Å². The number of nitrogens with two attached hydrogens (primary N) is 1. The van der Waals surface area contributed by atoms with Crippen molar-refractivity contribution in [3.63, 3.8) is 0 Å². The molecule has 7 heteroatoms. The van der Waals surface area contributed by atoms with Crippen molar-refractivity contribution in [2.75, 3.05) is 19.9 Å². The van der Waals surface area contributed by atoms with Gasteiger partial charge in [0, 0.05) is 11.8 Å². The van der Waals surface area contributed by atoms with E-state index in [2.05, 4.69) is 15.3 Å². The van der Waals surface area contributed by atoms with Gasteiger partial charge < -0.3 is 20.8 Å². The Morgan fingerprint density at radius 1 is 1.60 bits per heavy atom. The Labute approximate surface area is 121 Å². The highest BCUT2D eigenvalue weighted by atomic mass is 32.2. The van der Waals surface area contributed by atoms with Crippen LogP contribution >= 0.6 is 11.8 Å². The molecular formula is C13H18N4O2S. The van der Waals surface area contributed by atoms with Gasteiger partial charge in [-0.3, -0.25) is 4.79 Å². The summed E-state index contributed by atoms with van der Waals surface area (Å²) in [5.74, 6) is 0.885. The van der Waals surface area contributed by atoms with Crippen molar-refractivity contribution < 1.29 is 9.53 Å². The van der Waals surface area contributed by atoms with E-state index in [4.69, 9.17) is 10.5 Å². The number of carbonyl (C=O) groups is 1. The largest absolute Gasteiger partial charge is 0.497 e. The summed E-state index contributed by atoms with van der Waals surface area (Å²) in [6.45, 7) is 1.77. The topological polar surface area (TPSA) is 93.0 Å². The zero-order chi connectivity index (χ0) is 14.8. The third kappa shape index (κ3) is 2.88. The third-order valence-corrected chi connectivity index (χ3v) is 4.45. The van der Waals surface area contributed by atoms with E-state index in [-0.39, 0.29) is 5.91 Å². The van der Waals surface area contributed by atoms with Crippen LogP contribution in [0.15, 0.2) is 23.4 Å². The Kier molecular flexibility index (Phi) is 4.20. The summed E-state index contributed by atoms with van der Waals surface area (Å²) in [5.41, 5.74) is 6.39. The first-order valence-corrected chi connectivity index (χ1v) is 7.12. The number of H-pyrrole nitrogens is 1. The Morgan fingerprint density at radius 3 is 2.95 bits per heavy atom. The Balaban J connectivity index is 2.16. The second kappa shape index (κ2) is 5.72. The summed E-state index contributed by atoms with van der Waals surface area (Å²) in [7, 11) is 3.34. The average molecular weight is 294 g/mol. The van der Waals surface area contributed by atoms with Crippen LogP contribution in [0.3, 0.4) is 0 Å². The number of thioether (sulfide) groups is 1. The first kappa shape index (κ1) is 14.7. The number of rotatable bonds is 6. The lowest BCUT2D eigenvalue weighted by molar-refractivity contribution is -0.122. The van der Waals surface area contributed by atoms with Crippen molar-refractivity contribution in [3.8, 4) is 5.75 Å². The predicted octanol–water partition coefficient (Wildman–Crippen LogP) is 1.13. The molecule has 1 aromatic heterocycles. The number of aromatic amines is 1. The van der Waals surface area contributed by atoms with E-state index < -0.39 is 5.54 Å². The predicted molar refractivity (Wildman–Crippen MR) is 80.0 cm³/mol. The van der Waals surface area contributed by atoms with E-state index in [0.717, 1.165) is 21.9 Å². The lowest BCUT2D eigenvalue weighted by Crippen LogP contribution is -2.53. The number of likely N-dealkylation sites (N-methyl/N-ethyl adjacent to an activating group) is 1. The first-order chi connectivity index (χ1) is 9.48. The third-order valence-electron chi connectivity index (χ3n) is 3.26. The van der Waals surface area contributed by atoms with Crippen LogP contribution < -0.4 is 15.8 Å². The molecule has 0 bridgehead atoms. The van der Waals surface area contributed by atoms with Gasteiger partial charge in [0.2, 0.25) is 5.91 Å². The number of hydrogen-bond acceptors (Lipinski definition) is 5. The molecule has 108 valence electrons. The summed E-state index contributed by atoms with van der Waals surface area (Å²) in [6, 6.07) is 5.64. The van der Waals surface area contributed by atoms with Gasteiger partial charge in [-0.25, -0.2) is 4.98 Å². The molecule has 0 spiro atoms. The summed E-state index contributed by atoms with van der Waals surface area (Å²) < 4.78 is 5.17. The molecule has 1 unspecified atom stereocenters. The minimum Gasteiger partial charge on any atom is -0.497 e. The molecule has 0 aliphatic heterocycles. The fourth-order valence-electron chi connectivity index (χ4n) is 1.64. The molecule has 6 nitrogen and oxygen atoms in total. The van der Waals surface area contributed by atoms with E-state index in [1.54, 1.807) is 21.1 Å². The van der Waals surface area contributed by atoms with Crippen LogP contribution in [0.25, 0.3) is 11.0 Å². The smallest absolute Gasteiger partial charge is 0.238 e. The lowest BCUT2D eigenvalue weighted by Gasteiger charge is -2.24. The van der Waals surface area contributed by atoms with Gasteiger partial charge in [-0.2, -0.15) is 0 Å². The zero-order valence-electron chi connectivity index (χ0n) is 11.7. The second-order valence-electron chi connectivity index (χ2n) is 4.66. The van der Waals surface area contributed by atoms with Crippen molar-refractivity contribution in [2.24, 2.45) is 5.73 Å². The van der Waals surface area contributed by atoms with Crippen LogP contribution in [0.1, 0.15) is 6.92 Å². The number of hydrogen-bond donors (Lipinski definition) is 3. The quantitative estimate of drug-likeness (QED) is 0.694. The molecule has 0 aliphatic rings. The number of primary amides is 1. The zero-order valence-corrected chi connectivity index (χ0v) is 12.5. The molecule has 20 heavy (non-hydrogen) atoms. The molecular weight excluding hydrogens is 276 g/mol. The van der Waals surface area contributed by atoms with Gasteiger partial charge in [0.15, 0.2) is 5.16 Å². The van der Waals surface area contributed by atoms with Crippen molar-refractivity contribution in [1.29, 1.82) is 0 Å². The maximum Gasteiger partial charge on any atom is 0.238 e. The molecule has 0 saturated heterocycles. The van der Waals surface area contributed by atoms with Gasteiger partial charge in [-0.15, -0.1) is 0 Å². The van der Waals surface area contributed by atoms with Gasteiger partial charge in [0.05, 0.1) is 18.1 Å². The summed E-state index contributed by atoms with van der Waals surface area (Å²) >= 11 is 1.45. The van der Waals surface area contributed by atoms with Crippen LogP contribution in [0.2, 0.25) is 0 Å². The van der Waals surface area contributed by atoms with Crippen molar-refractivity contribution in [1.82, 2.24) is 15.3 Å². The van der Waals surface area contributed by atoms with Crippen LogP contribution in [0, 0.1) is 0 Å². The summed E-state index contributed by atoms with van der Waals surface area (Å²) in [6.07, 6.45) is 0. The van der Waals surface area contributed by atoms with E-state index in [1.807, 2.05) is 18.2 Å². The molecule has 1 amide bonds. The maximum atomic E-state index is 11.4. The van der Waals surface area contributed by atoms with Crippen LogP contribution in [-0.2, 0) is 4.79 Å². The first-order valence-electron chi connectivity index (χ1n) is 6.14. The van der Waals surface area contributed by atoms with E-state index in [1.165, 1.54) is 11.8 Å². The van der Waals surface area contributed by atoms with Gasteiger partial charge >= 0.3 is 0 Å². The van der Waals surface area contributed by atoms with Crippen LogP contribution in [0.5, 0.6) is 5.75 Å². The monoisotopic (exact) mass is 294 g/mol. The van der Waals surface area contributed by atoms with Crippen LogP contribution in [-0.4, -0.2) is 41.3 Å². The standard InChI is InChI=1S/C13H18N4O2S/c1-13(15-2,11(14)18)7-20-12-16-9-5-4-8(19-3)6-10(9)17-12/h4-6,15H,7H2,1-3H3,(H2,14,18)(H,16,17). The molecule has 1 atom stereocenters. The van der Waals surface area contributed by atoms with E-state index in [0.29, 0.717) is 5.75 Å². The number of imidazole rings is 1. The fourth-order valence-corrected chi connectivity index (χ4v) is 2.70. The van der Waals surface area contributed by atoms with Gasteiger partial charge in [0.25, 0.3) is 0 Å². The Bertz CT molecular complexity index is 628. The number of nitrogens with zero attached hydrogens (tertiary/aromatic N) is 1. The second-order valence-corrected chi connectivity index (χ2v) is 5.62. The molecule has 1 aromatic carbocycles. The number of aromatic nitrogens is 2. The average Bonchev–Trinajstić information content (AvgIpc) is 2.86. The highest BCUT2D eigenvalue weighted by Gasteiger charge is 2.29. The van der Waals surface area contributed by atoms with E-state index in [9.17, 15) is 4.79 Å². The number of methoxy groups -OCH3 is 1. The number of ether oxygens (including phenoxy) is 1. The number of nitrogens with one attached hydrogen (secondary N) is 2. The molecule has 0 radical (unpaired) electrons. The van der Waals surface area contributed by atoms with Crippen LogP contribution in [0.4, 0.5) is 0 Å². The molecule has 0 fully saturated rings. The minimum absolute atomic E-state index is 0.384. The molecule has 0 saturated carbocycles. The van der Waals surface area contributed by atoms with Crippen molar-refractivity contribution in [2.45, 2.75) is 17.6 Å². The molecule has 2 rings (SSSR count). The normalized spacial score (nSPS) is 14.2. The highest BCUT2D eigenvalue weighted by Crippen LogP contribution is 2.25. The van der Waals surface area contributed by atoms with E-state index >= 15 is 0 Å². The molecule has 1 heterocycles. The number of amides is 1. The summed E-state index contributed by atoms with van der Waals surface area (Å²) in [4.78, 5) is 19.1. The Hall–Kier alpha value is -1.73. The van der Waals surface area contributed by atoms with Crippen molar-refractivity contribution in [3.05, 3.63) is 18.2 Å². The van der Waals surface area contributed by atoms with Crippen molar-refractivity contribution >= 4 is 28.7 Å². The highest BCUT2D eigenvalue weighted by molar-refractivity contribution is 7.99. The SMILES string of the molecule is CNC(C)(CSc1nc2ccc(OC)cc2[nH]1)C(N)=O. The maximum absolute atomic E-state index is 11.4. The summed E-state index contributed by atoms with van der Waals surface area (Å²) in [5, 5.41) is 3.69. The van der Waals surface area contributed by atoms with Gasteiger partial charge in [-0.05, 0) is 26.1 Å². The lowest BCUT2D eigenvalue weighted by atomic mass is 10.1. The molecule has 2 aromatic rings. The van der Waals surface area contributed by atoms with Gasteiger partial charge in [-0.1, -0.05) is 11.8 Å². The fraction of sp³-hybridized carbons (Fsp3) is 0.385. The number of carbonyl (C=O) groups excluding carboxylic acids is 1. The minimum atomic E-state index is -0.763.